The Kier molecular flexibility index (Phi) is 7.75. The zero-order valence-electron chi connectivity index (χ0n) is 17.5. The van der Waals surface area contributed by atoms with Gasteiger partial charge < -0.3 is 4.74 Å². The van der Waals surface area contributed by atoms with Crippen molar-refractivity contribution in [2.75, 3.05) is 6.61 Å². The molecule has 8 nitrogen and oxygen atoms in total. The van der Waals surface area contributed by atoms with Crippen LogP contribution in [0.25, 0.3) is 10.8 Å². The highest BCUT2D eigenvalue weighted by Crippen LogP contribution is 2.13. The maximum atomic E-state index is 12.4. The van der Waals surface area contributed by atoms with E-state index in [1.165, 1.54) is 19.0 Å². The molecule has 1 heterocycles. The molecule has 2 N–H and O–H groups in total. The molecule has 162 valence electrons. The number of fused-ring (bicyclic) bond motifs is 1. The van der Waals surface area contributed by atoms with Crippen LogP contribution in [0.1, 0.15) is 43.0 Å². The molecule has 0 saturated carbocycles. The highest BCUT2D eigenvalue weighted by atomic mass is 16.5. The SMILES string of the molecule is CCCCCCOc1ccc(C(=O)NNC(=O)Cn2ncc3ccccc3c2=O)cc1. The molecule has 0 spiro atoms. The number of nitrogens with one attached hydrogen (secondary N) is 2. The summed E-state index contributed by atoms with van der Waals surface area (Å²) in [5, 5.41) is 5.17. The maximum Gasteiger partial charge on any atom is 0.275 e. The highest BCUT2D eigenvalue weighted by molar-refractivity contribution is 5.95. The van der Waals surface area contributed by atoms with Crippen molar-refractivity contribution < 1.29 is 14.3 Å². The molecule has 0 bridgehead atoms. The molecule has 3 aromatic rings. The van der Waals surface area contributed by atoms with Crippen LogP contribution < -0.4 is 21.1 Å². The third-order valence-corrected chi connectivity index (χ3v) is 4.75. The molecule has 0 atom stereocenters. The quantitative estimate of drug-likeness (QED) is 0.408. The molecule has 0 saturated heterocycles. The van der Waals surface area contributed by atoms with Gasteiger partial charge in [-0.2, -0.15) is 5.10 Å². The number of benzene rings is 2. The lowest BCUT2D eigenvalue weighted by molar-refractivity contribution is -0.122. The lowest BCUT2D eigenvalue weighted by Gasteiger charge is -2.10. The van der Waals surface area contributed by atoms with Crippen LogP contribution in [-0.4, -0.2) is 28.2 Å². The van der Waals surface area contributed by atoms with Gasteiger partial charge in [0.25, 0.3) is 17.4 Å². The standard InChI is InChI=1S/C23H26N4O4/c1-2-3-4-7-14-31-19-12-10-17(11-13-19)22(29)26-25-21(28)16-27-23(30)20-9-6-5-8-18(20)15-24-27/h5-6,8-13,15H,2-4,7,14,16H2,1H3,(H,25,28)(H,26,29). The number of ether oxygens (including phenoxy) is 1. The predicted octanol–water partition coefficient (Wildman–Crippen LogP) is 2.82. The molecular formula is C23H26N4O4. The van der Waals surface area contributed by atoms with Crippen molar-refractivity contribution in [1.29, 1.82) is 0 Å². The minimum Gasteiger partial charge on any atom is -0.494 e. The molecule has 8 heteroatoms. The molecule has 0 aliphatic rings. The Hall–Kier alpha value is -3.68. The van der Waals surface area contributed by atoms with Gasteiger partial charge in [0.05, 0.1) is 18.2 Å². The van der Waals surface area contributed by atoms with Crippen molar-refractivity contribution in [2.45, 2.75) is 39.2 Å². The number of unbranched alkanes of at least 4 members (excludes halogenated alkanes) is 3. The lowest BCUT2D eigenvalue weighted by atomic mass is 10.2. The predicted molar refractivity (Wildman–Crippen MR) is 118 cm³/mol. The largest absolute Gasteiger partial charge is 0.494 e. The van der Waals surface area contributed by atoms with Crippen LogP contribution in [0.4, 0.5) is 0 Å². The normalized spacial score (nSPS) is 10.6. The van der Waals surface area contributed by atoms with Crippen LogP contribution in [0.2, 0.25) is 0 Å². The molecule has 31 heavy (non-hydrogen) atoms. The Morgan fingerprint density at radius 2 is 1.77 bits per heavy atom. The van der Waals surface area contributed by atoms with Gasteiger partial charge in [-0.1, -0.05) is 44.4 Å². The van der Waals surface area contributed by atoms with Crippen LogP contribution in [0, 0.1) is 0 Å². The summed E-state index contributed by atoms with van der Waals surface area (Å²) in [5.74, 6) is -0.342. The molecular weight excluding hydrogens is 396 g/mol. The Morgan fingerprint density at radius 3 is 2.55 bits per heavy atom. The summed E-state index contributed by atoms with van der Waals surface area (Å²) in [5.41, 5.74) is 4.65. The third kappa shape index (κ3) is 6.15. The number of hydrogen-bond donors (Lipinski definition) is 2. The van der Waals surface area contributed by atoms with E-state index in [-0.39, 0.29) is 12.1 Å². The number of amides is 2. The van der Waals surface area contributed by atoms with Crippen molar-refractivity contribution in [3.63, 3.8) is 0 Å². The first kappa shape index (κ1) is 22.0. The monoisotopic (exact) mass is 422 g/mol. The number of nitrogens with zero attached hydrogens (tertiary/aromatic N) is 2. The van der Waals surface area contributed by atoms with E-state index in [1.54, 1.807) is 42.5 Å². The Morgan fingerprint density at radius 1 is 1.00 bits per heavy atom. The second-order valence-corrected chi connectivity index (χ2v) is 7.13. The fraction of sp³-hybridized carbons (Fsp3) is 0.304. The van der Waals surface area contributed by atoms with E-state index in [0.29, 0.717) is 28.7 Å². The van der Waals surface area contributed by atoms with Crippen molar-refractivity contribution in [1.82, 2.24) is 20.6 Å². The number of aromatic nitrogens is 2. The van der Waals surface area contributed by atoms with E-state index >= 15 is 0 Å². The first-order valence-corrected chi connectivity index (χ1v) is 10.4. The molecule has 0 unspecified atom stereocenters. The Bertz CT molecular complexity index is 1090. The average Bonchev–Trinajstić information content (AvgIpc) is 2.80. The Labute approximate surface area is 180 Å². The van der Waals surface area contributed by atoms with E-state index in [4.69, 9.17) is 4.74 Å². The number of hydrogen-bond acceptors (Lipinski definition) is 5. The molecule has 0 aliphatic heterocycles. The average molecular weight is 422 g/mol. The molecule has 0 radical (unpaired) electrons. The summed E-state index contributed by atoms with van der Waals surface area (Å²) < 4.78 is 6.70. The van der Waals surface area contributed by atoms with Crippen molar-refractivity contribution in [3.05, 3.63) is 70.6 Å². The number of hydrazine groups is 1. The second kappa shape index (κ2) is 10.9. The van der Waals surface area contributed by atoms with Gasteiger partial charge in [-0.25, -0.2) is 4.68 Å². The molecule has 3 rings (SSSR count). The number of rotatable bonds is 9. The van der Waals surface area contributed by atoms with Gasteiger partial charge in [-0.15, -0.1) is 0 Å². The summed E-state index contributed by atoms with van der Waals surface area (Å²) in [6.07, 6.45) is 6.03. The van der Waals surface area contributed by atoms with Gasteiger partial charge in [-0.05, 0) is 36.8 Å². The van der Waals surface area contributed by atoms with E-state index in [1.807, 2.05) is 6.07 Å². The highest BCUT2D eigenvalue weighted by Gasteiger charge is 2.11. The smallest absolute Gasteiger partial charge is 0.275 e. The minimum absolute atomic E-state index is 0.311. The lowest BCUT2D eigenvalue weighted by Crippen LogP contribution is -2.44. The first-order chi connectivity index (χ1) is 15.1. The summed E-state index contributed by atoms with van der Waals surface area (Å²) in [6.45, 7) is 2.49. The molecule has 0 fully saturated rings. The summed E-state index contributed by atoms with van der Waals surface area (Å²) in [7, 11) is 0. The van der Waals surface area contributed by atoms with Crippen LogP contribution >= 0.6 is 0 Å². The molecule has 2 amide bonds. The summed E-state index contributed by atoms with van der Waals surface area (Å²) in [6, 6.07) is 13.7. The summed E-state index contributed by atoms with van der Waals surface area (Å²) in [4.78, 5) is 36.8. The number of carbonyl (C=O) groups excluding carboxylic acids is 2. The van der Waals surface area contributed by atoms with Crippen LogP contribution in [0.15, 0.2) is 59.5 Å². The van der Waals surface area contributed by atoms with E-state index < -0.39 is 11.8 Å². The van der Waals surface area contributed by atoms with Crippen molar-refractivity contribution >= 4 is 22.6 Å². The van der Waals surface area contributed by atoms with Crippen LogP contribution in [0.3, 0.4) is 0 Å². The Balaban J connectivity index is 1.48. The van der Waals surface area contributed by atoms with Crippen LogP contribution in [0.5, 0.6) is 5.75 Å². The first-order valence-electron chi connectivity index (χ1n) is 10.4. The van der Waals surface area contributed by atoms with E-state index in [0.717, 1.165) is 17.5 Å². The van der Waals surface area contributed by atoms with Gasteiger partial charge in [0.1, 0.15) is 12.3 Å². The fourth-order valence-electron chi connectivity index (χ4n) is 3.04. The summed E-state index contributed by atoms with van der Waals surface area (Å²) >= 11 is 0. The molecule has 0 aliphatic carbocycles. The third-order valence-electron chi connectivity index (χ3n) is 4.75. The van der Waals surface area contributed by atoms with Gasteiger partial charge in [-0.3, -0.25) is 25.2 Å². The minimum atomic E-state index is -0.565. The van der Waals surface area contributed by atoms with Crippen LogP contribution in [-0.2, 0) is 11.3 Å². The maximum absolute atomic E-state index is 12.4. The molecule has 2 aromatic carbocycles. The van der Waals surface area contributed by atoms with Crippen molar-refractivity contribution in [2.24, 2.45) is 0 Å². The van der Waals surface area contributed by atoms with E-state index in [2.05, 4.69) is 22.9 Å². The van der Waals surface area contributed by atoms with Gasteiger partial charge in [0, 0.05) is 10.9 Å². The van der Waals surface area contributed by atoms with Crippen molar-refractivity contribution in [3.8, 4) is 5.75 Å². The van der Waals surface area contributed by atoms with Gasteiger partial charge in [0.2, 0.25) is 0 Å². The molecule has 1 aromatic heterocycles. The van der Waals surface area contributed by atoms with Gasteiger partial charge in [0.15, 0.2) is 0 Å². The zero-order chi connectivity index (χ0) is 22.1. The van der Waals surface area contributed by atoms with Gasteiger partial charge >= 0.3 is 0 Å². The number of carbonyl (C=O) groups is 2. The zero-order valence-corrected chi connectivity index (χ0v) is 17.5. The fourth-order valence-corrected chi connectivity index (χ4v) is 3.04. The second-order valence-electron chi connectivity index (χ2n) is 7.13. The van der Waals surface area contributed by atoms with E-state index in [9.17, 15) is 14.4 Å². The topological polar surface area (TPSA) is 102 Å².